The van der Waals surface area contributed by atoms with Gasteiger partial charge in [0.05, 0.1) is 12.2 Å². The van der Waals surface area contributed by atoms with Crippen LogP contribution >= 0.6 is 11.6 Å². The lowest BCUT2D eigenvalue weighted by Gasteiger charge is -2.20. The molecule has 22 heavy (non-hydrogen) atoms. The molecule has 6 heteroatoms. The lowest BCUT2D eigenvalue weighted by atomic mass is 10.1. The number of likely N-dealkylation sites (tertiary alicyclic amines) is 1. The van der Waals surface area contributed by atoms with Gasteiger partial charge in [-0.25, -0.2) is 0 Å². The first-order valence-corrected chi connectivity index (χ1v) is 7.83. The maximum absolute atomic E-state index is 12.4. The van der Waals surface area contributed by atoms with Crippen LogP contribution in [0.5, 0.6) is 5.75 Å². The van der Waals surface area contributed by atoms with E-state index in [1.54, 1.807) is 18.2 Å². The van der Waals surface area contributed by atoms with E-state index in [-0.39, 0.29) is 12.2 Å². The second kappa shape index (κ2) is 7.61. The minimum absolute atomic E-state index is 0.0815. The van der Waals surface area contributed by atoms with E-state index in [2.05, 4.69) is 0 Å². The highest BCUT2D eigenvalue weighted by atomic mass is 35.5. The maximum atomic E-state index is 12.4. The van der Waals surface area contributed by atoms with Crippen LogP contribution in [0.2, 0.25) is 5.02 Å². The Bertz CT molecular complexity index is 561. The molecule has 1 unspecified atom stereocenters. The van der Waals surface area contributed by atoms with Gasteiger partial charge in [-0.05, 0) is 44.5 Å². The summed E-state index contributed by atoms with van der Waals surface area (Å²) in [6, 6.07) is 4.51. The Labute approximate surface area is 134 Å². The fourth-order valence-corrected chi connectivity index (χ4v) is 2.93. The van der Waals surface area contributed by atoms with Crippen molar-refractivity contribution >= 4 is 23.4 Å². The molecule has 1 aromatic carbocycles. The lowest BCUT2D eigenvalue weighted by molar-refractivity contribution is -0.142. The predicted octanol–water partition coefficient (Wildman–Crippen LogP) is 2.86. The molecule has 0 spiro atoms. The third kappa shape index (κ3) is 3.99. The van der Waals surface area contributed by atoms with Gasteiger partial charge in [-0.1, -0.05) is 11.6 Å². The summed E-state index contributed by atoms with van der Waals surface area (Å²) in [5.41, 5.74) is 0.459. The molecule has 1 heterocycles. The Morgan fingerprint density at radius 1 is 1.45 bits per heavy atom. The molecule has 0 aliphatic carbocycles. The van der Waals surface area contributed by atoms with Crippen LogP contribution in [0.15, 0.2) is 18.2 Å². The van der Waals surface area contributed by atoms with Crippen molar-refractivity contribution in [3.63, 3.8) is 0 Å². The van der Waals surface area contributed by atoms with E-state index in [1.807, 2.05) is 11.8 Å². The van der Waals surface area contributed by atoms with E-state index in [0.29, 0.717) is 35.9 Å². The summed E-state index contributed by atoms with van der Waals surface area (Å²) in [6.07, 6.45) is 1.75. The fraction of sp³-hybridized carbons (Fsp3) is 0.500. The third-order valence-electron chi connectivity index (χ3n) is 3.82. The summed E-state index contributed by atoms with van der Waals surface area (Å²) in [6.45, 7) is 3.48. The van der Waals surface area contributed by atoms with Crippen LogP contribution in [0, 0.1) is 0 Å². The molecule has 5 nitrogen and oxygen atoms in total. The van der Waals surface area contributed by atoms with Crippen molar-refractivity contribution in [2.45, 2.75) is 32.2 Å². The molecule has 0 saturated carbocycles. The molecule has 2 rings (SSSR count). The van der Waals surface area contributed by atoms with Crippen LogP contribution in [0.4, 0.5) is 0 Å². The van der Waals surface area contributed by atoms with Gasteiger partial charge in [0.2, 0.25) is 0 Å². The lowest BCUT2D eigenvalue weighted by Crippen LogP contribution is -2.37. The molecule has 1 aliphatic heterocycles. The van der Waals surface area contributed by atoms with Crippen molar-refractivity contribution in [3.8, 4) is 5.75 Å². The van der Waals surface area contributed by atoms with E-state index < -0.39 is 12.0 Å². The molecular weight excluding hydrogens is 306 g/mol. The summed E-state index contributed by atoms with van der Waals surface area (Å²) in [5.74, 6) is -0.377. The second-order valence-electron chi connectivity index (χ2n) is 5.28. The molecule has 0 aromatic heterocycles. The number of aliphatic carboxylic acids is 1. The minimum Gasteiger partial charge on any atom is -0.493 e. The van der Waals surface area contributed by atoms with Crippen LogP contribution in [-0.4, -0.2) is 47.5 Å². The number of carbonyl (C=O) groups excluding carboxylic acids is 1. The minimum atomic E-state index is -0.817. The van der Waals surface area contributed by atoms with Crippen molar-refractivity contribution in [2.75, 3.05) is 19.7 Å². The number of hydrogen-bond donors (Lipinski definition) is 1. The molecule has 1 fully saturated rings. The second-order valence-corrected chi connectivity index (χ2v) is 5.72. The van der Waals surface area contributed by atoms with Crippen molar-refractivity contribution < 1.29 is 19.4 Å². The first-order valence-electron chi connectivity index (χ1n) is 7.45. The van der Waals surface area contributed by atoms with Gasteiger partial charge in [-0.2, -0.15) is 0 Å². The summed E-state index contributed by atoms with van der Waals surface area (Å²) in [7, 11) is 0. The molecule has 0 radical (unpaired) electrons. The zero-order chi connectivity index (χ0) is 16.1. The largest absolute Gasteiger partial charge is 0.493 e. The quantitative estimate of drug-likeness (QED) is 0.781. The first kappa shape index (κ1) is 16.8. The number of rotatable bonds is 7. The van der Waals surface area contributed by atoms with Crippen LogP contribution < -0.4 is 4.74 Å². The number of carboxylic acid groups (broad SMARTS) is 1. The van der Waals surface area contributed by atoms with Crippen molar-refractivity contribution in [1.82, 2.24) is 4.90 Å². The number of benzene rings is 1. The number of ether oxygens (including phenoxy) is 1. The zero-order valence-electron chi connectivity index (χ0n) is 12.5. The average Bonchev–Trinajstić information content (AvgIpc) is 2.95. The molecule has 1 atom stereocenters. The Hall–Kier alpha value is -1.59. The van der Waals surface area contributed by atoms with E-state index >= 15 is 0 Å². The zero-order valence-corrected chi connectivity index (χ0v) is 13.3. The molecule has 0 amide bonds. The van der Waals surface area contributed by atoms with Gasteiger partial charge >= 0.3 is 5.97 Å². The predicted molar refractivity (Wildman–Crippen MR) is 83.8 cm³/mol. The Balaban J connectivity index is 2.03. The number of carbonyl (C=O) groups is 2. The standard InChI is InChI=1S/C16H20ClNO4/c1-2-22-15-6-5-11(17)10-12(15)14(19)7-9-18-8-3-4-13(18)16(20)21/h5-6,10,13H,2-4,7-9H2,1H3,(H,20,21). The highest BCUT2D eigenvalue weighted by molar-refractivity contribution is 6.31. The van der Waals surface area contributed by atoms with Crippen LogP contribution in [-0.2, 0) is 4.79 Å². The van der Waals surface area contributed by atoms with Crippen LogP contribution in [0.3, 0.4) is 0 Å². The summed E-state index contributed by atoms with van der Waals surface area (Å²) in [4.78, 5) is 25.4. The first-order chi connectivity index (χ1) is 10.5. The van der Waals surface area contributed by atoms with Crippen molar-refractivity contribution in [2.24, 2.45) is 0 Å². The molecule has 1 aromatic rings. The van der Waals surface area contributed by atoms with Crippen molar-refractivity contribution in [3.05, 3.63) is 28.8 Å². The van der Waals surface area contributed by atoms with Gasteiger partial charge in [0.15, 0.2) is 5.78 Å². The van der Waals surface area contributed by atoms with Gasteiger partial charge in [0.25, 0.3) is 0 Å². The van der Waals surface area contributed by atoms with Crippen LogP contribution in [0.25, 0.3) is 0 Å². The summed E-state index contributed by atoms with van der Waals surface area (Å²) in [5, 5.41) is 9.64. The molecule has 1 N–H and O–H groups in total. The van der Waals surface area contributed by atoms with Gasteiger partial charge < -0.3 is 9.84 Å². The third-order valence-corrected chi connectivity index (χ3v) is 4.05. The number of ketones is 1. The fourth-order valence-electron chi connectivity index (χ4n) is 2.75. The van der Waals surface area contributed by atoms with Crippen LogP contribution in [0.1, 0.15) is 36.5 Å². The number of Topliss-reactive ketones (excluding diaryl/α,β-unsaturated/α-hetero) is 1. The number of carboxylic acids is 1. The topological polar surface area (TPSA) is 66.8 Å². The van der Waals surface area contributed by atoms with Gasteiger partial charge in [-0.3, -0.25) is 14.5 Å². The normalized spacial score (nSPS) is 18.4. The van der Waals surface area contributed by atoms with E-state index in [4.69, 9.17) is 21.4 Å². The average molecular weight is 326 g/mol. The summed E-state index contributed by atoms with van der Waals surface area (Å²) < 4.78 is 5.46. The maximum Gasteiger partial charge on any atom is 0.320 e. The Morgan fingerprint density at radius 3 is 2.91 bits per heavy atom. The highest BCUT2D eigenvalue weighted by Gasteiger charge is 2.30. The molecule has 120 valence electrons. The van der Waals surface area contributed by atoms with E-state index in [1.165, 1.54) is 0 Å². The Morgan fingerprint density at radius 2 is 2.23 bits per heavy atom. The molecule has 0 bridgehead atoms. The van der Waals surface area contributed by atoms with E-state index in [9.17, 15) is 9.59 Å². The number of hydrogen-bond acceptors (Lipinski definition) is 4. The molecular formula is C16H20ClNO4. The van der Waals surface area contributed by atoms with E-state index in [0.717, 1.165) is 13.0 Å². The van der Waals surface area contributed by atoms with Gasteiger partial charge in [0, 0.05) is 18.0 Å². The SMILES string of the molecule is CCOc1ccc(Cl)cc1C(=O)CCN1CCCC1C(=O)O. The molecule has 1 saturated heterocycles. The summed E-state index contributed by atoms with van der Waals surface area (Å²) >= 11 is 5.96. The number of nitrogens with zero attached hydrogens (tertiary/aromatic N) is 1. The van der Waals surface area contributed by atoms with Gasteiger partial charge in [0.1, 0.15) is 11.8 Å². The highest BCUT2D eigenvalue weighted by Crippen LogP contribution is 2.25. The van der Waals surface area contributed by atoms with Crippen molar-refractivity contribution in [1.29, 1.82) is 0 Å². The smallest absolute Gasteiger partial charge is 0.320 e. The molecule has 1 aliphatic rings. The monoisotopic (exact) mass is 325 g/mol. The number of halogens is 1. The Kier molecular flexibility index (Phi) is 5.80. The van der Waals surface area contributed by atoms with Gasteiger partial charge in [-0.15, -0.1) is 0 Å².